The lowest BCUT2D eigenvalue weighted by molar-refractivity contribution is -0.115. The molecule has 0 amide bonds. The second-order valence-electron chi connectivity index (χ2n) is 6.38. The van der Waals surface area contributed by atoms with Gasteiger partial charge in [-0.15, -0.1) is 0 Å². The zero-order chi connectivity index (χ0) is 13.7. The molecule has 0 unspecified atom stereocenters. The molecule has 0 spiro atoms. The van der Waals surface area contributed by atoms with Gasteiger partial charge in [-0.25, -0.2) is 0 Å². The molecule has 100 valence electrons. The number of rotatable bonds is 8. The van der Waals surface area contributed by atoms with Gasteiger partial charge in [0.2, 0.25) is 0 Å². The third kappa shape index (κ3) is 9.50. The van der Waals surface area contributed by atoms with Crippen molar-refractivity contribution in [3.63, 3.8) is 0 Å². The molecule has 0 N–H and O–H groups in total. The molecule has 0 fully saturated rings. The van der Waals surface area contributed by atoms with Crippen molar-refractivity contribution in [3.8, 4) is 0 Å². The first-order chi connectivity index (χ1) is 7.53. The number of unbranched alkanes of at least 4 members (excludes halogenated alkanes) is 1. The summed E-state index contributed by atoms with van der Waals surface area (Å²) in [6.07, 6.45) is 2.71. The molecule has 0 aromatic carbocycles. The van der Waals surface area contributed by atoms with Crippen molar-refractivity contribution in [1.29, 1.82) is 0 Å². The third-order valence-electron chi connectivity index (χ3n) is 2.49. The molecule has 0 aliphatic heterocycles. The summed E-state index contributed by atoms with van der Waals surface area (Å²) in [4.78, 5) is 11.4. The van der Waals surface area contributed by atoms with Crippen LogP contribution in [0, 0.1) is 0 Å². The number of Topliss-reactive ketones (excluding diaryl/α,β-unsaturated/α-hetero) is 1. The highest BCUT2D eigenvalue weighted by Crippen LogP contribution is 2.21. The summed E-state index contributed by atoms with van der Waals surface area (Å²) in [6, 6.07) is 1.15. The summed E-state index contributed by atoms with van der Waals surface area (Å²) >= 11 is 0. The second kappa shape index (κ2) is 6.66. The van der Waals surface area contributed by atoms with E-state index in [0.717, 1.165) is 18.9 Å². The molecule has 0 atom stereocenters. The number of hydrogen-bond donors (Lipinski definition) is 0. The molecule has 0 aromatic rings. The maximum atomic E-state index is 11.4. The van der Waals surface area contributed by atoms with Crippen LogP contribution in [0.25, 0.3) is 0 Å². The van der Waals surface area contributed by atoms with Gasteiger partial charge >= 0.3 is 0 Å². The summed E-state index contributed by atoms with van der Waals surface area (Å²) in [5.74, 6) is 0.204. The molecular weight excluding hydrogens is 244 g/mol. The van der Waals surface area contributed by atoms with Crippen molar-refractivity contribution in [1.82, 2.24) is 0 Å². The Kier molecular flexibility index (Phi) is 6.58. The van der Waals surface area contributed by atoms with Crippen LogP contribution in [0.5, 0.6) is 0 Å². The highest BCUT2D eigenvalue weighted by molar-refractivity contribution is 6.84. The van der Waals surface area contributed by atoms with Gasteiger partial charge in [0.25, 0.3) is 0 Å². The summed E-state index contributed by atoms with van der Waals surface area (Å²) in [5, 5.41) is 0. The van der Waals surface area contributed by atoms with Crippen molar-refractivity contribution in [3.05, 3.63) is 12.2 Å². The third-order valence-corrected chi connectivity index (χ3v) is 8.71. The molecule has 0 saturated heterocycles. The van der Waals surface area contributed by atoms with Gasteiger partial charge in [0, 0.05) is 6.42 Å². The lowest BCUT2D eigenvalue weighted by Gasteiger charge is -2.31. The molecule has 0 rings (SSSR count). The van der Waals surface area contributed by atoms with Crippen molar-refractivity contribution < 1.29 is 8.91 Å². The highest BCUT2D eigenvalue weighted by Gasteiger charge is 2.28. The maximum Gasteiger partial charge on any atom is 0.173 e. The SMILES string of the molecule is C=C(C)C(=O)CCCC[Si](C)(C)O[Si](C)(C)C. The number of allylic oxidation sites excluding steroid dienone is 1. The number of ketones is 1. The van der Waals surface area contributed by atoms with Gasteiger partial charge in [0.1, 0.15) is 0 Å². The molecule has 0 heterocycles. The molecule has 4 heteroatoms. The molecule has 0 aromatic heterocycles. The quantitative estimate of drug-likeness (QED) is 0.373. The number of carbonyl (C=O) groups is 1. The van der Waals surface area contributed by atoms with Crippen molar-refractivity contribution in [2.75, 3.05) is 0 Å². The van der Waals surface area contributed by atoms with Crippen LogP contribution >= 0.6 is 0 Å². The lowest BCUT2D eigenvalue weighted by Crippen LogP contribution is -2.42. The maximum absolute atomic E-state index is 11.4. The fourth-order valence-corrected chi connectivity index (χ4v) is 10.1. The van der Waals surface area contributed by atoms with Crippen LogP contribution < -0.4 is 0 Å². The first kappa shape index (κ1) is 16.8. The zero-order valence-electron chi connectivity index (χ0n) is 12.4. The first-order valence-electron chi connectivity index (χ1n) is 6.42. The molecule has 2 nitrogen and oxygen atoms in total. The van der Waals surface area contributed by atoms with Gasteiger partial charge < -0.3 is 4.12 Å². The zero-order valence-corrected chi connectivity index (χ0v) is 14.4. The molecule has 0 aliphatic rings. The second-order valence-corrected chi connectivity index (χ2v) is 15.4. The fourth-order valence-electron chi connectivity index (χ4n) is 1.93. The predicted octanol–water partition coefficient (Wildman–Crippen LogP) is 4.36. The van der Waals surface area contributed by atoms with Crippen molar-refractivity contribution in [2.45, 2.75) is 65.0 Å². The summed E-state index contributed by atoms with van der Waals surface area (Å²) in [5.41, 5.74) is 0.680. The van der Waals surface area contributed by atoms with E-state index in [0.29, 0.717) is 12.0 Å². The van der Waals surface area contributed by atoms with Crippen LogP contribution in [-0.2, 0) is 8.91 Å². The first-order valence-corrected chi connectivity index (χ1v) is 12.9. The lowest BCUT2D eigenvalue weighted by atomic mass is 10.1. The molecular formula is C13H28O2Si2. The normalized spacial score (nSPS) is 12.6. The van der Waals surface area contributed by atoms with E-state index >= 15 is 0 Å². The van der Waals surface area contributed by atoms with Crippen LogP contribution in [0.1, 0.15) is 26.2 Å². The average molecular weight is 273 g/mol. The van der Waals surface area contributed by atoms with Crippen LogP contribution in [-0.4, -0.2) is 22.4 Å². The monoisotopic (exact) mass is 272 g/mol. The van der Waals surface area contributed by atoms with Gasteiger partial charge in [0.15, 0.2) is 22.4 Å². The number of hydrogen-bond acceptors (Lipinski definition) is 2. The van der Waals surface area contributed by atoms with Crippen molar-refractivity contribution >= 4 is 22.4 Å². The van der Waals surface area contributed by atoms with E-state index in [-0.39, 0.29) is 5.78 Å². The Bertz CT molecular complexity index is 278. The van der Waals surface area contributed by atoms with Crippen LogP contribution in [0.2, 0.25) is 38.8 Å². The van der Waals surface area contributed by atoms with E-state index in [2.05, 4.69) is 39.3 Å². The van der Waals surface area contributed by atoms with Crippen LogP contribution in [0.3, 0.4) is 0 Å². The number of carbonyl (C=O) groups excluding carboxylic acids is 1. The molecule has 0 aliphatic carbocycles. The Morgan fingerprint density at radius 1 is 1.12 bits per heavy atom. The topological polar surface area (TPSA) is 26.3 Å². The van der Waals surface area contributed by atoms with E-state index < -0.39 is 16.6 Å². The van der Waals surface area contributed by atoms with E-state index in [1.54, 1.807) is 6.92 Å². The van der Waals surface area contributed by atoms with Crippen LogP contribution in [0.4, 0.5) is 0 Å². The predicted molar refractivity (Wildman–Crippen MR) is 80.4 cm³/mol. The van der Waals surface area contributed by atoms with Crippen molar-refractivity contribution in [2.24, 2.45) is 0 Å². The van der Waals surface area contributed by atoms with Gasteiger partial charge in [-0.05, 0) is 57.7 Å². The van der Waals surface area contributed by atoms with E-state index in [4.69, 9.17) is 4.12 Å². The Morgan fingerprint density at radius 3 is 2.06 bits per heavy atom. The van der Waals surface area contributed by atoms with Crippen LogP contribution in [0.15, 0.2) is 12.2 Å². The molecule has 0 bridgehead atoms. The highest BCUT2D eigenvalue weighted by atomic mass is 28.4. The molecule has 17 heavy (non-hydrogen) atoms. The Labute approximate surface area is 109 Å². The fraction of sp³-hybridized carbons (Fsp3) is 0.769. The van der Waals surface area contributed by atoms with Gasteiger partial charge in [-0.2, -0.15) is 0 Å². The molecule has 0 radical (unpaired) electrons. The Hall–Kier alpha value is -0.196. The van der Waals surface area contributed by atoms with Gasteiger partial charge in [0.05, 0.1) is 0 Å². The molecule has 0 saturated carbocycles. The van der Waals surface area contributed by atoms with E-state index in [1.165, 1.54) is 0 Å². The van der Waals surface area contributed by atoms with Gasteiger partial charge in [-0.1, -0.05) is 13.0 Å². The Balaban J connectivity index is 3.88. The standard InChI is InChI=1S/C13H28O2Si2/c1-12(2)13(14)10-8-9-11-17(6,7)15-16(3,4)5/h1,8-11H2,2-7H3. The summed E-state index contributed by atoms with van der Waals surface area (Å²) in [7, 11) is -2.92. The summed E-state index contributed by atoms with van der Waals surface area (Å²) in [6.45, 7) is 16.8. The average Bonchev–Trinajstić information content (AvgIpc) is 2.07. The minimum Gasteiger partial charge on any atom is -0.456 e. The van der Waals surface area contributed by atoms with E-state index in [1.807, 2.05) is 0 Å². The van der Waals surface area contributed by atoms with Gasteiger partial charge in [-0.3, -0.25) is 4.79 Å². The van der Waals surface area contributed by atoms with E-state index in [9.17, 15) is 4.79 Å². The smallest absolute Gasteiger partial charge is 0.173 e. The minimum absolute atomic E-state index is 0.204. The minimum atomic E-state index is -1.51. The largest absolute Gasteiger partial charge is 0.456 e. The summed E-state index contributed by atoms with van der Waals surface area (Å²) < 4.78 is 6.25. The Morgan fingerprint density at radius 2 is 1.65 bits per heavy atom.